The van der Waals surface area contributed by atoms with Crippen molar-refractivity contribution in [1.82, 2.24) is 4.57 Å². The Labute approximate surface area is 211 Å². The van der Waals surface area contributed by atoms with E-state index < -0.39 is 18.0 Å². The smallest absolute Gasteiger partial charge is 0.338 e. The lowest BCUT2D eigenvalue weighted by Crippen LogP contribution is -2.40. The average Bonchev–Trinajstić information content (AvgIpc) is 3.18. The average molecular weight is 507 g/mol. The van der Waals surface area contributed by atoms with Gasteiger partial charge >= 0.3 is 11.9 Å². The normalized spacial score (nSPS) is 15.3. The number of carbonyl (C=O) groups is 2. The number of fused-ring (bicyclic) bond motifs is 1. The van der Waals surface area contributed by atoms with E-state index in [1.165, 1.54) is 28.0 Å². The Morgan fingerprint density at radius 2 is 1.92 bits per heavy atom. The van der Waals surface area contributed by atoms with Gasteiger partial charge in [-0.2, -0.15) is 0 Å². The third-order valence-corrected chi connectivity index (χ3v) is 6.74. The van der Waals surface area contributed by atoms with Crippen LogP contribution in [0, 0.1) is 0 Å². The van der Waals surface area contributed by atoms with Gasteiger partial charge in [0.25, 0.3) is 5.56 Å². The fourth-order valence-electron chi connectivity index (χ4n) is 4.12. The summed E-state index contributed by atoms with van der Waals surface area (Å²) in [5.41, 5.74) is 2.20. The number of nitrogens with zero attached hydrogens (tertiary/aromatic N) is 2. The van der Waals surface area contributed by atoms with Crippen LogP contribution in [-0.4, -0.2) is 35.3 Å². The van der Waals surface area contributed by atoms with Gasteiger partial charge in [0.15, 0.2) is 4.80 Å². The summed E-state index contributed by atoms with van der Waals surface area (Å²) in [6.45, 7) is 3.94. The van der Waals surface area contributed by atoms with E-state index in [0.29, 0.717) is 43.9 Å². The predicted molar refractivity (Wildman–Crippen MR) is 136 cm³/mol. The number of esters is 1. The molecule has 186 valence electrons. The Morgan fingerprint density at radius 1 is 1.17 bits per heavy atom. The molecule has 0 aliphatic carbocycles. The van der Waals surface area contributed by atoms with Crippen molar-refractivity contribution in [2.75, 3.05) is 13.7 Å². The van der Waals surface area contributed by atoms with Crippen LogP contribution in [0.2, 0.25) is 0 Å². The van der Waals surface area contributed by atoms with Crippen molar-refractivity contribution in [1.29, 1.82) is 0 Å². The van der Waals surface area contributed by atoms with E-state index in [9.17, 15) is 14.4 Å². The van der Waals surface area contributed by atoms with Gasteiger partial charge in [0, 0.05) is 0 Å². The number of hydrogen-bond acceptors (Lipinski definition) is 7. The van der Waals surface area contributed by atoms with E-state index in [1.54, 1.807) is 44.4 Å². The molecule has 0 radical (unpaired) electrons. The topological polar surface area (TPSA) is 107 Å². The molecule has 1 N–H and O–H groups in total. The number of thiazole rings is 1. The molecular weight excluding hydrogens is 480 g/mol. The van der Waals surface area contributed by atoms with Gasteiger partial charge in [0.1, 0.15) is 5.75 Å². The van der Waals surface area contributed by atoms with E-state index in [0.717, 1.165) is 6.42 Å². The summed E-state index contributed by atoms with van der Waals surface area (Å²) in [5, 5.41) is 9.15. The lowest BCUT2D eigenvalue weighted by molar-refractivity contribution is -0.139. The Kier molecular flexibility index (Phi) is 7.49. The first-order chi connectivity index (χ1) is 17.4. The van der Waals surface area contributed by atoms with Crippen molar-refractivity contribution in [3.05, 3.63) is 96.2 Å². The van der Waals surface area contributed by atoms with E-state index in [-0.39, 0.29) is 17.7 Å². The number of allylic oxidation sites excluding steroid dienone is 1. The first-order valence-electron chi connectivity index (χ1n) is 11.6. The maximum Gasteiger partial charge on any atom is 0.338 e. The molecule has 0 spiro atoms. The standard InChI is InChI=1S/C27H26N2O6S/c1-4-7-20-22(26(33)35-5-2)23(18-8-6-9-19(15-18)34-3)29-24(30)21(36-27(29)28-20)14-16-10-12-17(13-11-16)25(31)32/h6,8-15,23H,4-5,7H2,1-3H3,(H,31,32)/b21-14-/t23-/m0/s1. The molecule has 0 saturated carbocycles. The third-order valence-electron chi connectivity index (χ3n) is 5.76. The number of methoxy groups -OCH3 is 1. The second-order valence-electron chi connectivity index (χ2n) is 8.12. The third kappa shape index (κ3) is 4.87. The summed E-state index contributed by atoms with van der Waals surface area (Å²) in [7, 11) is 1.56. The fraction of sp³-hybridized carbons (Fsp3) is 0.259. The lowest BCUT2D eigenvalue weighted by Gasteiger charge is -2.26. The molecular formula is C27H26N2O6S. The molecule has 0 unspecified atom stereocenters. The molecule has 0 amide bonds. The van der Waals surface area contributed by atoms with Gasteiger partial charge in [-0.25, -0.2) is 14.6 Å². The zero-order valence-corrected chi connectivity index (χ0v) is 21.0. The fourth-order valence-corrected chi connectivity index (χ4v) is 5.14. The van der Waals surface area contributed by atoms with Crippen LogP contribution in [-0.2, 0) is 9.53 Å². The minimum absolute atomic E-state index is 0.162. The molecule has 4 rings (SSSR count). The number of aromatic nitrogens is 1. The highest BCUT2D eigenvalue weighted by Gasteiger charge is 2.34. The number of carboxylic acids is 1. The molecule has 9 heteroatoms. The lowest BCUT2D eigenvalue weighted by atomic mass is 9.94. The van der Waals surface area contributed by atoms with Gasteiger partial charge in [0.05, 0.1) is 41.1 Å². The highest BCUT2D eigenvalue weighted by atomic mass is 32.1. The molecule has 0 bridgehead atoms. The first kappa shape index (κ1) is 25.1. The maximum absolute atomic E-state index is 13.7. The van der Waals surface area contributed by atoms with Gasteiger partial charge in [0.2, 0.25) is 0 Å². The first-order valence-corrected chi connectivity index (χ1v) is 12.4. The minimum Gasteiger partial charge on any atom is -0.497 e. The second kappa shape index (κ2) is 10.7. The van der Waals surface area contributed by atoms with Crippen molar-refractivity contribution < 1.29 is 24.2 Å². The van der Waals surface area contributed by atoms with Crippen LogP contribution in [0.1, 0.15) is 54.2 Å². The molecule has 1 aliphatic rings. The summed E-state index contributed by atoms with van der Waals surface area (Å²) in [5.74, 6) is -0.921. The summed E-state index contributed by atoms with van der Waals surface area (Å²) >= 11 is 1.23. The molecule has 1 atom stereocenters. The van der Waals surface area contributed by atoms with Gasteiger partial charge < -0.3 is 14.6 Å². The number of ether oxygens (including phenoxy) is 2. The van der Waals surface area contributed by atoms with Gasteiger partial charge in [-0.05, 0) is 54.8 Å². The van der Waals surface area contributed by atoms with Crippen molar-refractivity contribution in [3.8, 4) is 5.75 Å². The SMILES string of the molecule is CCCC1=C(C(=O)OCC)[C@H](c2cccc(OC)c2)n2c(s/c(=C\c3ccc(C(=O)O)cc3)c2=O)=N1. The van der Waals surface area contributed by atoms with Crippen LogP contribution in [0.15, 0.2) is 69.6 Å². The number of aromatic carboxylic acids is 1. The van der Waals surface area contributed by atoms with Crippen LogP contribution in [0.25, 0.3) is 6.08 Å². The highest BCUT2D eigenvalue weighted by Crippen LogP contribution is 2.33. The Hall–Kier alpha value is -3.98. The van der Waals surface area contributed by atoms with Crippen molar-refractivity contribution in [3.63, 3.8) is 0 Å². The molecule has 1 aromatic heterocycles. The highest BCUT2D eigenvalue weighted by molar-refractivity contribution is 7.07. The van der Waals surface area contributed by atoms with Crippen molar-refractivity contribution >= 4 is 29.4 Å². The van der Waals surface area contributed by atoms with E-state index >= 15 is 0 Å². The zero-order chi connectivity index (χ0) is 25.8. The van der Waals surface area contributed by atoms with E-state index in [4.69, 9.17) is 19.6 Å². The summed E-state index contributed by atoms with van der Waals surface area (Å²) in [6.07, 6.45) is 3.01. The number of rotatable bonds is 8. The number of hydrogen-bond donors (Lipinski definition) is 1. The molecule has 1 aliphatic heterocycles. The second-order valence-corrected chi connectivity index (χ2v) is 9.13. The van der Waals surface area contributed by atoms with Crippen LogP contribution in [0.4, 0.5) is 0 Å². The Morgan fingerprint density at radius 3 is 2.56 bits per heavy atom. The molecule has 2 heterocycles. The van der Waals surface area contributed by atoms with Crippen molar-refractivity contribution in [2.24, 2.45) is 4.99 Å². The Balaban J connectivity index is 1.96. The van der Waals surface area contributed by atoms with Crippen LogP contribution < -0.4 is 19.6 Å². The monoisotopic (exact) mass is 506 g/mol. The summed E-state index contributed by atoms with van der Waals surface area (Å²) < 4.78 is 12.8. The number of carboxylic acid groups (broad SMARTS) is 1. The summed E-state index contributed by atoms with van der Waals surface area (Å²) in [4.78, 5) is 43.3. The molecule has 3 aromatic rings. The van der Waals surface area contributed by atoms with Crippen molar-refractivity contribution in [2.45, 2.75) is 32.7 Å². The van der Waals surface area contributed by atoms with Gasteiger partial charge in [-0.15, -0.1) is 0 Å². The largest absolute Gasteiger partial charge is 0.497 e. The number of benzene rings is 2. The molecule has 0 saturated heterocycles. The van der Waals surface area contributed by atoms with Crippen LogP contribution in [0.5, 0.6) is 5.75 Å². The minimum atomic E-state index is -1.02. The Bertz CT molecular complexity index is 1510. The zero-order valence-electron chi connectivity index (χ0n) is 20.2. The molecule has 36 heavy (non-hydrogen) atoms. The quantitative estimate of drug-likeness (QED) is 0.470. The predicted octanol–water partition coefficient (Wildman–Crippen LogP) is 3.29. The van der Waals surface area contributed by atoms with E-state index in [2.05, 4.69) is 0 Å². The maximum atomic E-state index is 13.7. The molecule has 8 nitrogen and oxygen atoms in total. The summed E-state index contributed by atoms with van der Waals surface area (Å²) in [6, 6.07) is 12.8. The van der Waals surface area contributed by atoms with Gasteiger partial charge in [-0.3, -0.25) is 9.36 Å². The molecule has 2 aromatic carbocycles. The van der Waals surface area contributed by atoms with E-state index in [1.807, 2.05) is 19.1 Å². The van der Waals surface area contributed by atoms with Gasteiger partial charge in [-0.1, -0.05) is 48.9 Å². The van der Waals surface area contributed by atoms with Crippen LogP contribution >= 0.6 is 11.3 Å². The van der Waals surface area contributed by atoms with Crippen LogP contribution in [0.3, 0.4) is 0 Å². The number of carbonyl (C=O) groups excluding carboxylic acids is 1. The molecule has 0 fully saturated rings.